The number of para-hydroxylation sites is 1. The van der Waals surface area contributed by atoms with Gasteiger partial charge in [-0.3, -0.25) is 9.78 Å². The van der Waals surface area contributed by atoms with Gasteiger partial charge in [0, 0.05) is 11.1 Å². The summed E-state index contributed by atoms with van der Waals surface area (Å²) in [6, 6.07) is 9.56. The summed E-state index contributed by atoms with van der Waals surface area (Å²) < 4.78 is 0. The van der Waals surface area contributed by atoms with E-state index in [1.807, 2.05) is 30.3 Å². The van der Waals surface area contributed by atoms with Crippen molar-refractivity contribution in [1.29, 1.82) is 0 Å². The second kappa shape index (κ2) is 7.21. The third-order valence-electron chi connectivity index (χ3n) is 4.00. The third kappa shape index (κ3) is 3.81. The lowest BCUT2D eigenvalue weighted by atomic mass is 9.96. The van der Waals surface area contributed by atoms with E-state index in [0.717, 1.165) is 23.0 Å². The number of nitrogens with zero attached hydrogens (tertiary/aromatic N) is 1. The highest BCUT2D eigenvalue weighted by Crippen LogP contribution is 2.25. The summed E-state index contributed by atoms with van der Waals surface area (Å²) in [6.45, 7) is 4.39. The standard InChI is InChI=1S/C18H24N2O/c1-3-4-5-6-9-13(2)17-12-15(18(19)21)14-10-7-8-11-16(14)20-17/h7-8,10-13H,3-6,9H2,1-2H3,(H2,19,21). The minimum absolute atomic E-state index is 0.351. The van der Waals surface area contributed by atoms with Gasteiger partial charge < -0.3 is 5.73 Å². The quantitative estimate of drug-likeness (QED) is 0.766. The van der Waals surface area contributed by atoms with Crippen molar-refractivity contribution < 1.29 is 4.79 Å². The number of carbonyl (C=O) groups is 1. The van der Waals surface area contributed by atoms with Crippen LogP contribution in [0.25, 0.3) is 10.9 Å². The number of rotatable bonds is 7. The van der Waals surface area contributed by atoms with E-state index in [0.29, 0.717) is 11.5 Å². The molecule has 0 saturated carbocycles. The first-order chi connectivity index (χ1) is 10.1. The molecule has 1 heterocycles. The first-order valence-electron chi connectivity index (χ1n) is 7.83. The lowest BCUT2D eigenvalue weighted by Crippen LogP contribution is -2.13. The minimum Gasteiger partial charge on any atom is -0.366 e. The van der Waals surface area contributed by atoms with Crippen molar-refractivity contribution in [2.24, 2.45) is 5.73 Å². The summed E-state index contributed by atoms with van der Waals surface area (Å²) in [7, 11) is 0. The zero-order chi connectivity index (χ0) is 15.2. The largest absolute Gasteiger partial charge is 0.366 e. The molecular formula is C18H24N2O. The van der Waals surface area contributed by atoms with Crippen LogP contribution in [0.15, 0.2) is 30.3 Å². The summed E-state index contributed by atoms with van der Waals surface area (Å²) in [5, 5.41) is 0.840. The number of nitrogens with two attached hydrogens (primary N) is 1. The number of carbonyl (C=O) groups excluding carboxylic acids is 1. The molecule has 112 valence electrons. The number of unbranched alkanes of at least 4 members (excludes halogenated alkanes) is 3. The van der Waals surface area contributed by atoms with Crippen LogP contribution in [-0.2, 0) is 0 Å². The average Bonchev–Trinajstić information content (AvgIpc) is 2.50. The molecule has 0 aliphatic rings. The molecular weight excluding hydrogens is 260 g/mol. The molecule has 0 spiro atoms. The molecule has 1 aromatic heterocycles. The van der Waals surface area contributed by atoms with Gasteiger partial charge in [0.25, 0.3) is 0 Å². The number of fused-ring (bicyclic) bond motifs is 1. The third-order valence-corrected chi connectivity index (χ3v) is 4.00. The number of hydrogen-bond acceptors (Lipinski definition) is 2. The lowest BCUT2D eigenvalue weighted by molar-refractivity contribution is 0.100. The number of amides is 1. The topological polar surface area (TPSA) is 56.0 Å². The molecule has 21 heavy (non-hydrogen) atoms. The molecule has 2 aromatic rings. The van der Waals surface area contributed by atoms with E-state index in [-0.39, 0.29) is 5.91 Å². The molecule has 1 unspecified atom stereocenters. The van der Waals surface area contributed by atoms with E-state index in [4.69, 9.17) is 10.7 Å². The first-order valence-corrected chi connectivity index (χ1v) is 7.83. The van der Waals surface area contributed by atoms with Crippen LogP contribution >= 0.6 is 0 Å². The van der Waals surface area contributed by atoms with Gasteiger partial charge in [-0.15, -0.1) is 0 Å². The molecule has 1 aromatic carbocycles. The maximum absolute atomic E-state index is 11.7. The van der Waals surface area contributed by atoms with Crippen LogP contribution in [0.4, 0.5) is 0 Å². The molecule has 0 aliphatic heterocycles. The maximum atomic E-state index is 11.7. The Morgan fingerprint density at radius 3 is 2.71 bits per heavy atom. The van der Waals surface area contributed by atoms with Crippen LogP contribution < -0.4 is 5.73 Å². The second-order valence-electron chi connectivity index (χ2n) is 5.73. The first kappa shape index (κ1) is 15.5. The number of benzene rings is 1. The van der Waals surface area contributed by atoms with Crippen LogP contribution in [-0.4, -0.2) is 10.9 Å². The Morgan fingerprint density at radius 2 is 2.00 bits per heavy atom. The summed E-state index contributed by atoms with van der Waals surface area (Å²) in [5.41, 5.74) is 7.92. The van der Waals surface area contributed by atoms with E-state index in [2.05, 4.69) is 13.8 Å². The van der Waals surface area contributed by atoms with Crippen molar-refractivity contribution in [3.63, 3.8) is 0 Å². The molecule has 3 nitrogen and oxygen atoms in total. The van der Waals surface area contributed by atoms with Crippen molar-refractivity contribution in [3.05, 3.63) is 41.6 Å². The predicted molar refractivity (Wildman–Crippen MR) is 87.4 cm³/mol. The normalized spacial score (nSPS) is 12.5. The van der Waals surface area contributed by atoms with Gasteiger partial charge in [0.15, 0.2) is 0 Å². The summed E-state index contributed by atoms with van der Waals surface area (Å²) >= 11 is 0. The van der Waals surface area contributed by atoms with Crippen LogP contribution in [0, 0.1) is 0 Å². The number of primary amides is 1. The zero-order valence-corrected chi connectivity index (χ0v) is 12.9. The maximum Gasteiger partial charge on any atom is 0.249 e. The monoisotopic (exact) mass is 284 g/mol. The number of hydrogen-bond donors (Lipinski definition) is 1. The van der Waals surface area contributed by atoms with Gasteiger partial charge in [-0.25, -0.2) is 0 Å². The summed E-state index contributed by atoms with van der Waals surface area (Å²) in [6.07, 6.45) is 6.09. The number of aromatic nitrogens is 1. The Kier molecular flexibility index (Phi) is 5.32. The van der Waals surface area contributed by atoms with Gasteiger partial charge in [0.05, 0.1) is 11.1 Å². The molecule has 2 rings (SSSR count). The van der Waals surface area contributed by atoms with Crippen molar-refractivity contribution in [2.75, 3.05) is 0 Å². The molecule has 0 bridgehead atoms. The second-order valence-corrected chi connectivity index (χ2v) is 5.73. The van der Waals surface area contributed by atoms with E-state index < -0.39 is 0 Å². The highest BCUT2D eigenvalue weighted by atomic mass is 16.1. The SMILES string of the molecule is CCCCCCC(C)c1cc(C(N)=O)c2ccccc2n1. The van der Waals surface area contributed by atoms with E-state index >= 15 is 0 Å². The smallest absolute Gasteiger partial charge is 0.249 e. The van der Waals surface area contributed by atoms with Gasteiger partial charge in [-0.05, 0) is 24.5 Å². The lowest BCUT2D eigenvalue weighted by Gasteiger charge is -2.13. The Hall–Kier alpha value is -1.90. The Labute approximate surface area is 126 Å². The van der Waals surface area contributed by atoms with Crippen LogP contribution in [0.3, 0.4) is 0 Å². The molecule has 0 fully saturated rings. The predicted octanol–water partition coefficient (Wildman–Crippen LogP) is 4.41. The Bertz CT molecular complexity index is 622. The van der Waals surface area contributed by atoms with Gasteiger partial charge >= 0.3 is 0 Å². The zero-order valence-electron chi connectivity index (χ0n) is 12.9. The molecule has 2 N–H and O–H groups in total. The van der Waals surface area contributed by atoms with Crippen molar-refractivity contribution >= 4 is 16.8 Å². The summed E-state index contributed by atoms with van der Waals surface area (Å²) in [4.78, 5) is 16.4. The highest BCUT2D eigenvalue weighted by molar-refractivity contribution is 6.05. The Balaban J connectivity index is 2.25. The fourth-order valence-electron chi connectivity index (χ4n) is 2.68. The van der Waals surface area contributed by atoms with Crippen LogP contribution in [0.1, 0.15) is 67.9 Å². The molecule has 1 atom stereocenters. The van der Waals surface area contributed by atoms with Gasteiger partial charge in [0.2, 0.25) is 5.91 Å². The Morgan fingerprint density at radius 1 is 1.24 bits per heavy atom. The molecule has 0 saturated heterocycles. The molecule has 3 heteroatoms. The van der Waals surface area contributed by atoms with Crippen LogP contribution in [0.2, 0.25) is 0 Å². The summed E-state index contributed by atoms with van der Waals surface area (Å²) in [5.74, 6) is -0.0300. The fraction of sp³-hybridized carbons (Fsp3) is 0.444. The molecule has 0 radical (unpaired) electrons. The van der Waals surface area contributed by atoms with Crippen molar-refractivity contribution in [3.8, 4) is 0 Å². The number of pyridine rings is 1. The fourth-order valence-corrected chi connectivity index (χ4v) is 2.68. The average molecular weight is 284 g/mol. The molecule has 0 aliphatic carbocycles. The van der Waals surface area contributed by atoms with E-state index in [1.165, 1.54) is 25.7 Å². The van der Waals surface area contributed by atoms with Gasteiger partial charge in [-0.2, -0.15) is 0 Å². The minimum atomic E-state index is -0.381. The van der Waals surface area contributed by atoms with E-state index in [9.17, 15) is 4.79 Å². The van der Waals surface area contributed by atoms with Crippen LogP contribution in [0.5, 0.6) is 0 Å². The van der Waals surface area contributed by atoms with Gasteiger partial charge in [0.1, 0.15) is 0 Å². The van der Waals surface area contributed by atoms with Crippen molar-refractivity contribution in [2.45, 2.75) is 51.9 Å². The molecule has 1 amide bonds. The van der Waals surface area contributed by atoms with E-state index in [1.54, 1.807) is 0 Å². The van der Waals surface area contributed by atoms with Crippen molar-refractivity contribution in [1.82, 2.24) is 4.98 Å². The van der Waals surface area contributed by atoms with Gasteiger partial charge in [-0.1, -0.05) is 57.7 Å². The highest BCUT2D eigenvalue weighted by Gasteiger charge is 2.14.